The Bertz CT molecular complexity index is 719. The number of carbonyl (C=O) groups is 1. The first-order chi connectivity index (χ1) is 9.29. The highest BCUT2D eigenvalue weighted by Crippen LogP contribution is 2.21. The van der Waals surface area contributed by atoms with Crippen LogP contribution in [0.1, 0.15) is 16.8 Å². The van der Waals surface area contributed by atoms with E-state index in [4.69, 9.17) is 5.11 Å². The van der Waals surface area contributed by atoms with Crippen LogP contribution in [0, 0.1) is 0 Å². The van der Waals surface area contributed by atoms with Gasteiger partial charge in [-0.25, -0.2) is 4.79 Å². The van der Waals surface area contributed by atoms with Crippen LogP contribution in [0.4, 0.5) is 13.2 Å². The molecular weight excluding hydrogens is 275 g/mol. The van der Waals surface area contributed by atoms with E-state index < -0.39 is 36.1 Å². The fraction of sp³-hybridized carbons (Fsp3) is 0.231. The molecule has 1 aromatic carbocycles. The molecule has 20 heavy (non-hydrogen) atoms. The summed E-state index contributed by atoms with van der Waals surface area (Å²) in [5, 5.41) is 9.03. The molecule has 0 atom stereocenters. The Hall–Kier alpha value is -2.31. The van der Waals surface area contributed by atoms with Crippen LogP contribution in [0.3, 0.4) is 0 Å². The van der Waals surface area contributed by atoms with Crippen molar-refractivity contribution in [1.82, 2.24) is 4.57 Å². The number of hydrogen-bond donors (Lipinski definition) is 1. The van der Waals surface area contributed by atoms with E-state index in [0.29, 0.717) is 0 Å². The summed E-state index contributed by atoms with van der Waals surface area (Å²) < 4.78 is 38.0. The monoisotopic (exact) mass is 285 g/mol. The van der Waals surface area contributed by atoms with Gasteiger partial charge in [0, 0.05) is 18.1 Å². The fourth-order valence-corrected chi connectivity index (χ4v) is 1.93. The summed E-state index contributed by atoms with van der Waals surface area (Å²) in [5.74, 6) is -1.46. The standard InChI is InChI=1S/C13H10F3NO3/c14-13(15,16)5-6-17-7-9(12(19)20)11(18)8-3-1-2-4-10(8)17/h1-4,7H,5-6H2,(H,19,20). The Morgan fingerprint density at radius 1 is 1.25 bits per heavy atom. The number of aryl methyl sites for hydroxylation is 1. The second kappa shape index (κ2) is 4.99. The molecule has 0 aliphatic heterocycles. The maximum absolute atomic E-state index is 12.3. The number of rotatable bonds is 3. The molecule has 0 fully saturated rings. The first-order valence-corrected chi connectivity index (χ1v) is 5.72. The van der Waals surface area contributed by atoms with Gasteiger partial charge >= 0.3 is 12.1 Å². The van der Waals surface area contributed by atoms with Crippen molar-refractivity contribution >= 4 is 16.9 Å². The van der Waals surface area contributed by atoms with Gasteiger partial charge in [-0.05, 0) is 12.1 Å². The summed E-state index contributed by atoms with van der Waals surface area (Å²) in [4.78, 5) is 22.9. The fourth-order valence-electron chi connectivity index (χ4n) is 1.93. The van der Waals surface area contributed by atoms with Crippen LogP contribution in [0.2, 0.25) is 0 Å². The minimum atomic E-state index is -4.35. The maximum atomic E-state index is 12.3. The molecule has 4 nitrogen and oxygen atoms in total. The van der Waals surface area contributed by atoms with Gasteiger partial charge in [0.1, 0.15) is 5.56 Å². The van der Waals surface area contributed by atoms with E-state index in [9.17, 15) is 22.8 Å². The summed E-state index contributed by atoms with van der Waals surface area (Å²) in [5.41, 5.74) is -0.950. The van der Waals surface area contributed by atoms with Crippen molar-refractivity contribution in [3.63, 3.8) is 0 Å². The lowest BCUT2D eigenvalue weighted by atomic mass is 10.1. The summed E-state index contributed by atoms with van der Waals surface area (Å²) in [6.45, 7) is -0.440. The van der Waals surface area contributed by atoms with E-state index in [1.165, 1.54) is 18.2 Å². The first-order valence-electron chi connectivity index (χ1n) is 5.72. The Kier molecular flexibility index (Phi) is 3.52. The Labute approximate surface area is 111 Å². The van der Waals surface area contributed by atoms with Crippen LogP contribution in [-0.4, -0.2) is 21.8 Å². The molecule has 0 aliphatic rings. The van der Waals surface area contributed by atoms with Crippen LogP contribution >= 0.6 is 0 Å². The quantitative estimate of drug-likeness (QED) is 0.943. The molecule has 0 aliphatic carbocycles. The summed E-state index contributed by atoms with van der Waals surface area (Å²) in [7, 11) is 0. The number of carboxylic acid groups (broad SMARTS) is 1. The summed E-state index contributed by atoms with van der Waals surface area (Å²) >= 11 is 0. The number of fused-ring (bicyclic) bond motifs is 1. The molecule has 0 saturated heterocycles. The van der Waals surface area contributed by atoms with Crippen molar-refractivity contribution in [2.24, 2.45) is 0 Å². The van der Waals surface area contributed by atoms with Gasteiger partial charge in [0.2, 0.25) is 5.43 Å². The van der Waals surface area contributed by atoms with Crippen LogP contribution in [0.5, 0.6) is 0 Å². The van der Waals surface area contributed by atoms with Gasteiger partial charge in [0.05, 0.1) is 11.9 Å². The zero-order valence-corrected chi connectivity index (χ0v) is 10.1. The van der Waals surface area contributed by atoms with Crippen molar-refractivity contribution in [3.8, 4) is 0 Å². The number of halogens is 3. The van der Waals surface area contributed by atoms with E-state index in [2.05, 4.69) is 0 Å². The molecule has 0 spiro atoms. The summed E-state index contributed by atoms with van der Waals surface area (Å²) in [6, 6.07) is 5.99. The highest BCUT2D eigenvalue weighted by molar-refractivity contribution is 5.92. The topological polar surface area (TPSA) is 59.3 Å². The molecule has 0 saturated carbocycles. The summed E-state index contributed by atoms with van der Waals surface area (Å²) in [6.07, 6.45) is -4.49. The van der Waals surface area contributed by atoms with Gasteiger partial charge < -0.3 is 9.67 Å². The smallest absolute Gasteiger partial charge is 0.390 e. The van der Waals surface area contributed by atoms with E-state index in [1.54, 1.807) is 6.07 Å². The zero-order valence-electron chi connectivity index (χ0n) is 10.1. The molecule has 0 unspecified atom stereocenters. The van der Waals surface area contributed by atoms with Crippen molar-refractivity contribution in [1.29, 1.82) is 0 Å². The number of benzene rings is 1. The molecule has 2 aromatic rings. The molecular formula is C13H10F3NO3. The van der Waals surface area contributed by atoms with Gasteiger partial charge in [-0.2, -0.15) is 13.2 Å². The largest absolute Gasteiger partial charge is 0.477 e. The number of carboxylic acids is 1. The second-order valence-corrected chi connectivity index (χ2v) is 4.25. The lowest BCUT2D eigenvalue weighted by molar-refractivity contribution is -0.136. The van der Waals surface area contributed by atoms with E-state index in [1.807, 2.05) is 0 Å². The van der Waals surface area contributed by atoms with Gasteiger partial charge in [-0.15, -0.1) is 0 Å². The highest BCUT2D eigenvalue weighted by Gasteiger charge is 2.27. The number of pyridine rings is 1. The van der Waals surface area contributed by atoms with Crippen LogP contribution in [0.15, 0.2) is 35.3 Å². The molecule has 0 radical (unpaired) electrons. The molecule has 0 bridgehead atoms. The van der Waals surface area contributed by atoms with Crippen molar-refractivity contribution in [2.45, 2.75) is 19.1 Å². The number of hydrogen-bond acceptors (Lipinski definition) is 2. The average Bonchev–Trinajstić information content (AvgIpc) is 2.37. The average molecular weight is 285 g/mol. The molecule has 7 heteroatoms. The van der Waals surface area contributed by atoms with Crippen molar-refractivity contribution < 1.29 is 23.1 Å². The third-order valence-electron chi connectivity index (χ3n) is 2.85. The Balaban J connectivity index is 2.61. The zero-order chi connectivity index (χ0) is 14.9. The normalized spacial score (nSPS) is 11.8. The predicted octanol–water partition coefficient (Wildman–Crippen LogP) is 2.65. The molecule has 0 amide bonds. The Morgan fingerprint density at radius 2 is 1.90 bits per heavy atom. The third kappa shape index (κ3) is 2.81. The van der Waals surface area contributed by atoms with Gasteiger partial charge in [-0.1, -0.05) is 12.1 Å². The molecule has 1 aromatic heterocycles. The highest BCUT2D eigenvalue weighted by atomic mass is 19.4. The second-order valence-electron chi connectivity index (χ2n) is 4.25. The first kappa shape index (κ1) is 14.1. The van der Waals surface area contributed by atoms with Crippen molar-refractivity contribution in [3.05, 3.63) is 46.2 Å². The third-order valence-corrected chi connectivity index (χ3v) is 2.85. The lowest BCUT2D eigenvalue weighted by Crippen LogP contribution is -2.20. The van der Waals surface area contributed by atoms with Crippen LogP contribution < -0.4 is 5.43 Å². The van der Waals surface area contributed by atoms with E-state index in [-0.39, 0.29) is 10.9 Å². The number of aromatic carboxylic acids is 1. The number of nitrogens with zero attached hydrogens (tertiary/aromatic N) is 1. The molecule has 1 N–H and O–H groups in total. The van der Waals surface area contributed by atoms with E-state index >= 15 is 0 Å². The molecule has 106 valence electrons. The van der Waals surface area contributed by atoms with Crippen LogP contribution in [-0.2, 0) is 6.54 Å². The Morgan fingerprint density at radius 3 is 2.50 bits per heavy atom. The molecule has 1 heterocycles. The van der Waals surface area contributed by atoms with E-state index in [0.717, 1.165) is 10.8 Å². The maximum Gasteiger partial charge on any atom is 0.390 e. The van der Waals surface area contributed by atoms with Crippen LogP contribution in [0.25, 0.3) is 10.9 Å². The lowest BCUT2D eigenvalue weighted by Gasteiger charge is -2.13. The van der Waals surface area contributed by atoms with Gasteiger partial charge in [-0.3, -0.25) is 4.79 Å². The number of para-hydroxylation sites is 1. The number of alkyl halides is 3. The van der Waals surface area contributed by atoms with Gasteiger partial charge in [0.15, 0.2) is 0 Å². The molecule has 2 rings (SSSR count). The number of aromatic nitrogens is 1. The minimum absolute atomic E-state index is 0.0922. The van der Waals surface area contributed by atoms with Crippen molar-refractivity contribution in [2.75, 3.05) is 0 Å². The predicted molar refractivity (Wildman–Crippen MR) is 65.8 cm³/mol. The minimum Gasteiger partial charge on any atom is -0.477 e. The van der Waals surface area contributed by atoms with Gasteiger partial charge in [0.25, 0.3) is 0 Å². The SMILES string of the molecule is O=C(O)c1cn(CCC(F)(F)F)c2ccccc2c1=O.